The van der Waals surface area contributed by atoms with Crippen molar-refractivity contribution in [3.8, 4) is 0 Å². The Morgan fingerprint density at radius 2 is 2.17 bits per heavy atom. The van der Waals surface area contributed by atoms with E-state index in [1.54, 1.807) is 11.8 Å². The summed E-state index contributed by atoms with van der Waals surface area (Å²) in [6.45, 7) is 9.24. The van der Waals surface area contributed by atoms with E-state index in [0.717, 1.165) is 31.5 Å². The molecule has 0 amide bonds. The topological polar surface area (TPSA) is 39.7 Å². The lowest BCUT2D eigenvalue weighted by molar-refractivity contribution is 0.394. The van der Waals surface area contributed by atoms with Crippen molar-refractivity contribution in [2.24, 2.45) is 10.9 Å². The minimum atomic E-state index is 0. The van der Waals surface area contributed by atoms with Gasteiger partial charge in [0, 0.05) is 24.5 Å². The Hall–Kier alpha value is -0.470. The highest BCUT2D eigenvalue weighted by atomic mass is 127. The van der Waals surface area contributed by atoms with Gasteiger partial charge in [0.25, 0.3) is 0 Å². The first-order valence-corrected chi connectivity index (χ1v) is 9.69. The summed E-state index contributed by atoms with van der Waals surface area (Å²) in [6, 6.07) is 6.60. The Morgan fingerprint density at radius 3 is 2.79 bits per heavy atom. The number of nitrogens with zero attached hydrogens (tertiary/aromatic N) is 2. The molecule has 1 aromatic rings. The lowest BCUT2D eigenvalue weighted by Gasteiger charge is -2.15. The number of benzene rings is 1. The van der Waals surface area contributed by atoms with Gasteiger partial charge in [0.1, 0.15) is 0 Å². The van der Waals surface area contributed by atoms with Crippen LogP contribution in [-0.2, 0) is 6.54 Å². The fourth-order valence-electron chi connectivity index (χ4n) is 2.92. The summed E-state index contributed by atoms with van der Waals surface area (Å²) in [5, 5.41) is 6.86. The van der Waals surface area contributed by atoms with E-state index in [1.807, 2.05) is 0 Å². The molecular formula is C18H31IN4S. The number of aryl methyl sites for hydroxylation is 1. The second-order valence-corrected chi connectivity index (χ2v) is 7.16. The monoisotopic (exact) mass is 462 g/mol. The van der Waals surface area contributed by atoms with Crippen LogP contribution in [0.1, 0.15) is 24.5 Å². The van der Waals surface area contributed by atoms with Crippen molar-refractivity contribution in [3.63, 3.8) is 0 Å². The normalized spacial score (nSPS) is 18.3. The molecule has 1 saturated heterocycles. The van der Waals surface area contributed by atoms with Crippen LogP contribution < -0.4 is 10.6 Å². The molecule has 0 spiro atoms. The van der Waals surface area contributed by atoms with Crippen molar-refractivity contribution < 1.29 is 0 Å². The zero-order valence-corrected chi connectivity index (χ0v) is 18.4. The molecule has 1 unspecified atom stereocenters. The molecule has 6 heteroatoms. The van der Waals surface area contributed by atoms with Crippen LogP contribution in [0, 0.1) is 12.8 Å². The lowest BCUT2D eigenvalue weighted by atomic mass is 10.1. The van der Waals surface area contributed by atoms with Crippen molar-refractivity contribution in [2.45, 2.75) is 31.7 Å². The molecule has 2 N–H and O–H groups in total. The van der Waals surface area contributed by atoms with Gasteiger partial charge in [-0.1, -0.05) is 12.1 Å². The van der Waals surface area contributed by atoms with Gasteiger partial charge < -0.3 is 15.5 Å². The molecule has 1 aromatic carbocycles. The van der Waals surface area contributed by atoms with E-state index in [-0.39, 0.29) is 24.0 Å². The van der Waals surface area contributed by atoms with Crippen LogP contribution in [0.3, 0.4) is 0 Å². The zero-order chi connectivity index (χ0) is 16.7. The lowest BCUT2D eigenvalue weighted by Crippen LogP contribution is -2.40. The van der Waals surface area contributed by atoms with E-state index < -0.39 is 0 Å². The molecule has 1 aliphatic rings. The number of thioether (sulfide) groups is 1. The van der Waals surface area contributed by atoms with E-state index >= 15 is 0 Å². The minimum Gasteiger partial charge on any atom is -0.357 e. The van der Waals surface area contributed by atoms with Crippen molar-refractivity contribution in [1.82, 2.24) is 15.5 Å². The first kappa shape index (κ1) is 21.6. The van der Waals surface area contributed by atoms with Gasteiger partial charge in [-0.3, -0.25) is 0 Å². The summed E-state index contributed by atoms with van der Waals surface area (Å²) in [5.74, 6) is 1.65. The molecule has 1 aliphatic heterocycles. The molecule has 0 aromatic heterocycles. The number of halogens is 1. The van der Waals surface area contributed by atoms with Gasteiger partial charge in [0.05, 0.1) is 6.54 Å². The third-order valence-corrected chi connectivity index (χ3v) is 5.06. The summed E-state index contributed by atoms with van der Waals surface area (Å²) in [4.78, 5) is 8.49. The standard InChI is InChI=1S/C18H30N4S.HI/c1-5-19-18(20-11-15-8-9-22(3)13-15)21-12-16-7-6-14(2)10-17(16)23-4;/h6-7,10,15H,5,8-9,11-13H2,1-4H3,(H2,19,20,21);1H. The zero-order valence-electron chi connectivity index (χ0n) is 15.3. The van der Waals surface area contributed by atoms with E-state index in [0.29, 0.717) is 0 Å². The van der Waals surface area contributed by atoms with Crippen LogP contribution >= 0.6 is 35.7 Å². The van der Waals surface area contributed by atoms with Gasteiger partial charge in [0.15, 0.2) is 5.96 Å². The van der Waals surface area contributed by atoms with Crippen molar-refractivity contribution in [3.05, 3.63) is 29.3 Å². The van der Waals surface area contributed by atoms with Crippen LogP contribution in [-0.4, -0.2) is 50.3 Å². The van der Waals surface area contributed by atoms with Crippen LogP contribution in [0.2, 0.25) is 0 Å². The van der Waals surface area contributed by atoms with Gasteiger partial charge in [-0.2, -0.15) is 0 Å². The van der Waals surface area contributed by atoms with Crippen LogP contribution in [0.15, 0.2) is 28.1 Å². The molecule has 2 rings (SSSR count). The van der Waals surface area contributed by atoms with E-state index in [2.05, 4.69) is 60.9 Å². The van der Waals surface area contributed by atoms with Crippen LogP contribution in [0.5, 0.6) is 0 Å². The van der Waals surface area contributed by atoms with Gasteiger partial charge >= 0.3 is 0 Å². The maximum atomic E-state index is 4.77. The molecular weight excluding hydrogens is 431 g/mol. The van der Waals surface area contributed by atoms with Crippen LogP contribution in [0.25, 0.3) is 0 Å². The number of nitrogens with one attached hydrogen (secondary N) is 2. The number of hydrogen-bond acceptors (Lipinski definition) is 3. The number of hydrogen-bond donors (Lipinski definition) is 2. The van der Waals surface area contributed by atoms with Gasteiger partial charge in [0.2, 0.25) is 0 Å². The van der Waals surface area contributed by atoms with E-state index in [9.17, 15) is 0 Å². The molecule has 1 heterocycles. The minimum absolute atomic E-state index is 0. The van der Waals surface area contributed by atoms with Crippen molar-refractivity contribution >= 4 is 41.7 Å². The Kier molecular flexibility index (Phi) is 10.1. The molecule has 0 bridgehead atoms. The first-order valence-electron chi connectivity index (χ1n) is 8.46. The Bertz CT molecular complexity index is 536. The number of rotatable bonds is 6. The predicted molar refractivity (Wildman–Crippen MR) is 117 cm³/mol. The summed E-state index contributed by atoms with van der Waals surface area (Å²) < 4.78 is 0. The highest BCUT2D eigenvalue weighted by molar-refractivity contribution is 14.0. The first-order chi connectivity index (χ1) is 11.1. The van der Waals surface area contributed by atoms with Gasteiger partial charge in [-0.25, -0.2) is 4.99 Å². The smallest absolute Gasteiger partial charge is 0.191 e. The fraction of sp³-hybridized carbons (Fsp3) is 0.611. The highest BCUT2D eigenvalue weighted by Crippen LogP contribution is 2.22. The number of aliphatic imine (C=N–C) groups is 1. The average Bonchev–Trinajstić information content (AvgIpc) is 2.96. The van der Waals surface area contributed by atoms with Gasteiger partial charge in [-0.05, 0) is 63.2 Å². The summed E-state index contributed by atoms with van der Waals surface area (Å²) in [6.07, 6.45) is 3.40. The molecule has 4 nitrogen and oxygen atoms in total. The molecule has 0 saturated carbocycles. The average molecular weight is 462 g/mol. The second kappa shape index (κ2) is 11.2. The maximum Gasteiger partial charge on any atom is 0.191 e. The second-order valence-electron chi connectivity index (χ2n) is 6.31. The molecule has 24 heavy (non-hydrogen) atoms. The Labute approximate surface area is 168 Å². The molecule has 1 fully saturated rings. The summed E-state index contributed by atoms with van der Waals surface area (Å²) in [5.41, 5.74) is 2.60. The third-order valence-electron chi connectivity index (χ3n) is 4.24. The number of guanidine groups is 1. The predicted octanol–water partition coefficient (Wildman–Crippen LogP) is 3.34. The molecule has 136 valence electrons. The quantitative estimate of drug-likeness (QED) is 0.295. The largest absolute Gasteiger partial charge is 0.357 e. The highest BCUT2D eigenvalue weighted by Gasteiger charge is 2.19. The maximum absolute atomic E-state index is 4.77. The van der Waals surface area contributed by atoms with Crippen molar-refractivity contribution in [1.29, 1.82) is 0 Å². The van der Waals surface area contributed by atoms with Gasteiger partial charge in [-0.15, -0.1) is 35.7 Å². The summed E-state index contributed by atoms with van der Waals surface area (Å²) in [7, 11) is 2.20. The van der Waals surface area contributed by atoms with Crippen LogP contribution in [0.4, 0.5) is 0 Å². The molecule has 0 radical (unpaired) electrons. The SMILES string of the molecule is CCNC(=NCc1ccc(C)cc1SC)NCC1CCN(C)C1.I. The molecule has 1 atom stereocenters. The number of likely N-dealkylation sites (tertiary alicyclic amines) is 1. The summed E-state index contributed by atoms with van der Waals surface area (Å²) >= 11 is 1.79. The Morgan fingerprint density at radius 1 is 1.38 bits per heavy atom. The third kappa shape index (κ3) is 6.80. The van der Waals surface area contributed by atoms with Crippen molar-refractivity contribution in [2.75, 3.05) is 39.5 Å². The Balaban J connectivity index is 0.00000288. The fourth-order valence-corrected chi connectivity index (χ4v) is 3.62. The van der Waals surface area contributed by atoms with E-state index in [4.69, 9.17) is 4.99 Å². The molecule has 0 aliphatic carbocycles. The van der Waals surface area contributed by atoms with E-state index in [1.165, 1.54) is 35.5 Å².